The summed E-state index contributed by atoms with van der Waals surface area (Å²) in [7, 11) is 0. The minimum Gasteiger partial charge on any atom is -0.453 e. The average molecular weight is 186 g/mol. The monoisotopic (exact) mass is 185 g/mol. The summed E-state index contributed by atoms with van der Waals surface area (Å²) in [6, 6.07) is 1.88. The molecule has 0 amide bonds. The van der Waals surface area contributed by atoms with E-state index in [1.54, 1.807) is 6.26 Å². The van der Waals surface area contributed by atoms with Gasteiger partial charge in [-0.15, -0.1) is 0 Å². The second-order valence-corrected chi connectivity index (χ2v) is 3.81. The van der Waals surface area contributed by atoms with Crippen molar-refractivity contribution in [2.45, 2.75) is 31.2 Å². The molecule has 1 aliphatic rings. The van der Waals surface area contributed by atoms with E-state index in [0.717, 1.165) is 18.4 Å². The van der Waals surface area contributed by atoms with Gasteiger partial charge in [0, 0.05) is 11.1 Å². The minimum absolute atomic E-state index is 0.218. The number of hydrogen-bond donors (Lipinski definition) is 1. The molecular weight excluding hydrogens is 174 g/mol. The van der Waals surface area contributed by atoms with E-state index in [1.165, 1.54) is 12.8 Å². The Balaban J connectivity index is 2.34. The van der Waals surface area contributed by atoms with Gasteiger partial charge in [-0.3, -0.25) is 0 Å². The summed E-state index contributed by atoms with van der Waals surface area (Å²) in [5.41, 5.74) is 6.94. The molecule has 0 spiro atoms. The van der Waals surface area contributed by atoms with Gasteiger partial charge < -0.3 is 10.2 Å². The zero-order chi connectivity index (χ0) is 8.60. The van der Waals surface area contributed by atoms with Crippen molar-refractivity contribution in [1.82, 2.24) is 0 Å². The highest BCUT2D eigenvalue weighted by molar-refractivity contribution is 6.29. The maximum absolute atomic E-state index is 6.18. The lowest BCUT2D eigenvalue weighted by atomic mass is 9.92. The maximum atomic E-state index is 6.18. The molecule has 0 saturated heterocycles. The predicted molar refractivity (Wildman–Crippen MR) is 48.1 cm³/mol. The summed E-state index contributed by atoms with van der Waals surface area (Å²) in [6.07, 6.45) is 6.03. The molecule has 0 bridgehead atoms. The van der Waals surface area contributed by atoms with Crippen molar-refractivity contribution >= 4 is 11.6 Å². The van der Waals surface area contributed by atoms with Crippen LogP contribution in [0.4, 0.5) is 0 Å². The number of halogens is 1. The molecule has 0 radical (unpaired) electrons. The maximum Gasteiger partial charge on any atom is 0.198 e. The third kappa shape index (κ3) is 1.15. The van der Waals surface area contributed by atoms with Gasteiger partial charge in [0.25, 0.3) is 0 Å². The topological polar surface area (TPSA) is 39.2 Å². The van der Waals surface area contributed by atoms with Gasteiger partial charge in [0.05, 0.1) is 6.26 Å². The molecule has 3 heteroatoms. The smallest absolute Gasteiger partial charge is 0.198 e. The molecule has 0 aromatic carbocycles. The zero-order valence-corrected chi connectivity index (χ0v) is 7.60. The molecule has 0 unspecified atom stereocenters. The largest absolute Gasteiger partial charge is 0.453 e. The van der Waals surface area contributed by atoms with Gasteiger partial charge in [0.1, 0.15) is 0 Å². The second kappa shape index (κ2) is 2.79. The predicted octanol–water partition coefficient (Wildman–Crippen LogP) is 2.66. The van der Waals surface area contributed by atoms with Crippen LogP contribution < -0.4 is 5.73 Å². The summed E-state index contributed by atoms with van der Waals surface area (Å²) in [5.74, 6) is 0. The molecule has 1 saturated carbocycles. The normalized spacial score (nSPS) is 21.5. The van der Waals surface area contributed by atoms with Gasteiger partial charge in [0.15, 0.2) is 5.22 Å². The quantitative estimate of drug-likeness (QED) is 0.731. The van der Waals surface area contributed by atoms with E-state index < -0.39 is 0 Å². The Bertz CT molecular complexity index is 276. The van der Waals surface area contributed by atoms with Gasteiger partial charge in [-0.05, 0) is 30.5 Å². The fraction of sp³-hybridized carbons (Fsp3) is 0.556. The number of rotatable bonds is 1. The lowest BCUT2D eigenvalue weighted by Gasteiger charge is -2.21. The fourth-order valence-corrected chi connectivity index (χ4v) is 2.23. The third-order valence-electron chi connectivity index (χ3n) is 2.65. The van der Waals surface area contributed by atoms with Crippen LogP contribution in [-0.4, -0.2) is 0 Å². The molecule has 66 valence electrons. The summed E-state index contributed by atoms with van der Waals surface area (Å²) < 4.78 is 5.03. The van der Waals surface area contributed by atoms with Gasteiger partial charge in [-0.1, -0.05) is 12.8 Å². The first-order valence-electron chi connectivity index (χ1n) is 4.25. The van der Waals surface area contributed by atoms with Crippen LogP contribution in [0.3, 0.4) is 0 Å². The molecule has 1 aromatic heterocycles. The van der Waals surface area contributed by atoms with Gasteiger partial charge in [0.2, 0.25) is 0 Å². The Morgan fingerprint density at radius 2 is 2.08 bits per heavy atom. The molecular formula is C9H12ClNO. The molecule has 1 aliphatic carbocycles. The van der Waals surface area contributed by atoms with Crippen molar-refractivity contribution in [3.63, 3.8) is 0 Å². The van der Waals surface area contributed by atoms with Crippen LogP contribution in [0, 0.1) is 0 Å². The van der Waals surface area contributed by atoms with Crippen molar-refractivity contribution in [3.8, 4) is 0 Å². The van der Waals surface area contributed by atoms with Crippen LogP contribution in [0.5, 0.6) is 0 Å². The summed E-state index contributed by atoms with van der Waals surface area (Å²) in [4.78, 5) is 0. The Morgan fingerprint density at radius 1 is 1.42 bits per heavy atom. The number of hydrogen-bond acceptors (Lipinski definition) is 2. The van der Waals surface area contributed by atoms with E-state index in [1.807, 2.05) is 6.07 Å². The van der Waals surface area contributed by atoms with Crippen LogP contribution in [-0.2, 0) is 5.54 Å². The highest BCUT2D eigenvalue weighted by atomic mass is 35.5. The van der Waals surface area contributed by atoms with Crippen molar-refractivity contribution in [3.05, 3.63) is 23.1 Å². The molecule has 2 N–H and O–H groups in total. The van der Waals surface area contributed by atoms with Crippen LogP contribution in [0.1, 0.15) is 31.2 Å². The van der Waals surface area contributed by atoms with E-state index >= 15 is 0 Å². The van der Waals surface area contributed by atoms with Gasteiger partial charge >= 0.3 is 0 Å². The summed E-state index contributed by atoms with van der Waals surface area (Å²) in [5, 5.41) is 0.458. The Morgan fingerprint density at radius 3 is 2.58 bits per heavy atom. The Kier molecular flexibility index (Phi) is 1.89. The summed E-state index contributed by atoms with van der Waals surface area (Å²) >= 11 is 5.86. The van der Waals surface area contributed by atoms with Crippen molar-refractivity contribution in [2.24, 2.45) is 5.73 Å². The third-order valence-corrected chi connectivity index (χ3v) is 2.94. The molecule has 2 nitrogen and oxygen atoms in total. The highest BCUT2D eigenvalue weighted by Crippen LogP contribution is 2.39. The Hall–Kier alpha value is -0.470. The minimum atomic E-state index is -0.218. The first-order valence-corrected chi connectivity index (χ1v) is 4.62. The number of nitrogens with two attached hydrogens (primary N) is 1. The lowest BCUT2D eigenvalue weighted by Crippen LogP contribution is -2.32. The number of furan rings is 1. The van der Waals surface area contributed by atoms with Crippen LogP contribution in [0.25, 0.3) is 0 Å². The van der Waals surface area contributed by atoms with E-state index in [4.69, 9.17) is 21.8 Å². The fourth-order valence-electron chi connectivity index (χ4n) is 1.93. The summed E-state index contributed by atoms with van der Waals surface area (Å²) in [6.45, 7) is 0. The van der Waals surface area contributed by atoms with Gasteiger partial charge in [-0.25, -0.2) is 0 Å². The Labute approximate surface area is 76.7 Å². The van der Waals surface area contributed by atoms with Crippen molar-refractivity contribution in [2.75, 3.05) is 0 Å². The average Bonchev–Trinajstić information content (AvgIpc) is 2.59. The first-order chi connectivity index (χ1) is 5.72. The van der Waals surface area contributed by atoms with E-state index in [2.05, 4.69) is 0 Å². The van der Waals surface area contributed by atoms with Crippen molar-refractivity contribution < 1.29 is 4.42 Å². The van der Waals surface area contributed by atoms with Crippen molar-refractivity contribution in [1.29, 1.82) is 0 Å². The standard InChI is InChI=1S/C9H12ClNO/c10-8-7(3-6-12-8)9(11)4-1-2-5-9/h3,6H,1-2,4-5,11H2. The van der Waals surface area contributed by atoms with Gasteiger partial charge in [-0.2, -0.15) is 0 Å². The van der Waals surface area contributed by atoms with E-state index in [-0.39, 0.29) is 5.54 Å². The molecule has 2 rings (SSSR count). The van der Waals surface area contributed by atoms with Crippen LogP contribution >= 0.6 is 11.6 Å². The SMILES string of the molecule is NC1(c2ccoc2Cl)CCCC1. The molecule has 1 aromatic rings. The second-order valence-electron chi connectivity index (χ2n) is 3.47. The molecule has 1 fully saturated rings. The first kappa shape index (κ1) is 8.14. The van der Waals surface area contributed by atoms with E-state index in [0.29, 0.717) is 5.22 Å². The molecule has 0 aliphatic heterocycles. The van der Waals surface area contributed by atoms with Crippen LogP contribution in [0.2, 0.25) is 5.22 Å². The van der Waals surface area contributed by atoms with Crippen LogP contribution in [0.15, 0.2) is 16.7 Å². The lowest BCUT2D eigenvalue weighted by molar-refractivity contribution is 0.452. The highest BCUT2D eigenvalue weighted by Gasteiger charge is 2.34. The molecule has 0 atom stereocenters. The molecule has 12 heavy (non-hydrogen) atoms. The van der Waals surface area contributed by atoms with E-state index in [9.17, 15) is 0 Å². The molecule has 1 heterocycles. The zero-order valence-electron chi connectivity index (χ0n) is 6.85.